The Morgan fingerprint density at radius 2 is 1.73 bits per heavy atom. The van der Waals surface area contributed by atoms with E-state index in [1.54, 1.807) is 24.3 Å². The van der Waals surface area contributed by atoms with Crippen LogP contribution in [0.25, 0.3) is 11.8 Å². The van der Waals surface area contributed by atoms with Crippen molar-refractivity contribution >= 4 is 80.8 Å². The molecule has 3 nitrogen and oxygen atoms in total. The highest BCUT2D eigenvalue weighted by Gasteiger charge is 2.33. The van der Waals surface area contributed by atoms with E-state index in [0.29, 0.717) is 30.0 Å². The first-order valence-corrected chi connectivity index (χ1v) is 11.3. The Kier molecular flexibility index (Phi) is 6.02. The van der Waals surface area contributed by atoms with Gasteiger partial charge < -0.3 is 4.57 Å². The normalized spacial score (nSPS) is 15.5. The lowest BCUT2D eigenvalue weighted by Gasteiger charge is -2.14. The van der Waals surface area contributed by atoms with Crippen molar-refractivity contribution in [3.8, 4) is 5.69 Å². The van der Waals surface area contributed by atoms with Crippen molar-refractivity contribution in [1.29, 1.82) is 0 Å². The van der Waals surface area contributed by atoms with Crippen molar-refractivity contribution in [2.24, 2.45) is 0 Å². The molecule has 2 aromatic carbocycles. The number of aromatic nitrogens is 1. The molecule has 30 heavy (non-hydrogen) atoms. The molecule has 1 saturated heterocycles. The second kappa shape index (κ2) is 8.40. The van der Waals surface area contributed by atoms with Crippen LogP contribution in [-0.2, 0) is 4.79 Å². The number of aryl methyl sites for hydroxylation is 1. The van der Waals surface area contributed by atoms with Gasteiger partial charge in [-0.15, -0.1) is 0 Å². The fourth-order valence-corrected chi connectivity index (χ4v) is 5.17. The zero-order chi connectivity index (χ0) is 21.6. The molecule has 0 aliphatic carbocycles. The van der Waals surface area contributed by atoms with Gasteiger partial charge in [0.25, 0.3) is 5.91 Å². The van der Waals surface area contributed by atoms with E-state index in [-0.39, 0.29) is 5.91 Å². The SMILES string of the molecule is Cc1cc(/C=C2/SC(=S)N(c3cccc(Cl)c3)C2=O)c(C)n1-c1ccc(Cl)c(Cl)c1. The lowest BCUT2D eigenvalue weighted by Crippen LogP contribution is -2.27. The first-order valence-electron chi connectivity index (χ1n) is 8.94. The van der Waals surface area contributed by atoms with Gasteiger partial charge in [0.1, 0.15) is 0 Å². The van der Waals surface area contributed by atoms with Gasteiger partial charge in [0.15, 0.2) is 4.32 Å². The number of anilines is 1. The molecule has 0 bridgehead atoms. The van der Waals surface area contributed by atoms with Crippen LogP contribution in [-0.4, -0.2) is 14.8 Å². The van der Waals surface area contributed by atoms with E-state index < -0.39 is 0 Å². The highest BCUT2D eigenvalue weighted by Crippen LogP contribution is 2.37. The smallest absolute Gasteiger partial charge is 0.270 e. The molecular formula is C22H15Cl3N2OS2. The highest BCUT2D eigenvalue weighted by molar-refractivity contribution is 8.27. The molecule has 0 unspecified atom stereocenters. The third kappa shape index (κ3) is 3.93. The van der Waals surface area contributed by atoms with Crippen molar-refractivity contribution in [2.75, 3.05) is 4.90 Å². The molecule has 1 aliphatic rings. The third-order valence-electron chi connectivity index (χ3n) is 4.78. The summed E-state index contributed by atoms with van der Waals surface area (Å²) in [5.74, 6) is -0.161. The van der Waals surface area contributed by atoms with Crippen LogP contribution in [0.2, 0.25) is 15.1 Å². The molecule has 152 valence electrons. The van der Waals surface area contributed by atoms with Crippen molar-refractivity contribution in [3.63, 3.8) is 0 Å². The topological polar surface area (TPSA) is 25.2 Å². The van der Waals surface area contributed by atoms with Crippen LogP contribution >= 0.6 is 58.8 Å². The number of nitrogens with zero attached hydrogens (tertiary/aromatic N) is 2. The molecule has 1 fully saturated rings. The van der Waals surface area contributed by atoms with Gasteiger partial charge in [-0.25, -0.2) is 0 Å². The van der Waals surface area contributed by atoms with Gasteiger partial charge in [-0.05, 0) is 68.0 Å². The summed E-state index contributed by atoms with van der Waals surface area (Å²) in [4.78, 5) is 15.1. The number of thiocarbonyl (C=S) groups is 1. The minimum Gasteiger partial charge on any atom is -0.318 e. The largest absolute Gasteiger partial charge is 0.318 e. The highest BCUT2D eigenvalue weighted by atomic mass is 35.5. The Balaban J connectivity index is 1.71. The molecule has 2 heterocycles. The fourth-order valence-electron chi connectivity index (χ4n) is 3.40. The number of hydrogen-bond acceptors (Lipinski definition) is 3. The van der Waals surface area contributed by atoms with Gasteiger partial charge in [-0.1, -0.05) is 64.8 Å². The molecule has 0 radical (unpaired) electrons. The number of thioether (sulfide) groups is 1. The van der Waals surface area contributed by atoms with Crippen molar-refractivity contribution in [3.05, 3.63) is 85.5 Å². The van der Waals surface area contributed by atoms with Crippen LogP contribution in [0.15, 0.2) is 53.4 Å². The number of carbonyl (C=O) groups is 1. The van der Waals surface area contributed by atoms with Crippen LogP contribution < -0.4 is 4.90 Å². The molecule has 0 N–H and O–H groups in total. The van der Waals surface area contributed by atoms with Gasteiger partial charge in [0.05, 0.1) is 20.6 Å². The number of rotatable bonds is 3. The average Bonchev–Trinajstić information content (AvgIpc) is 3.12. The average molecular weight is 494 g/mol. The fraction of sp³-hybridized carbons (Fsp3) is 0.0909. The lowest BCUT2D eigenvalue weighted by molar-refractivity contribution is -0.113. The molecule has 4 rings (SSSR count). The van der Waals surface area contributed by atoms with Gasteiger partial charge in [-0.3, -0.25) is 9.69 Å². The maximum atomic E-state index is 13.1. The minimum atomic E-state index is -0.161. The van der Waals surface area contributed by atoms with E-state index in [4.69, 9.17) is 47.0 Å². The van der Waals surface area contributed by atoms with Crippen LogP contribution in [0, 0.1) is 13.8 Å². The molecule has 0 spiro atoms. The quantitative estimate of drug-likeness (QED) is 0.280. The van der Waals surface area contributed by atoms with Gasteiger partial charge >= 0.3 is 0 Å². The molecular weight excluding hydrogens is 479 g/mol. The Bertz CT molecular complexity index is 1230. The number of carbonyl (C=O) groups excluding carboxylic acids is 1. The zero-order valence-electron chi connectivity index (χ0n) is 15.9. The first-order chi connectivity index (χ1) is 14.3. The van der Waals surface area contributed by atoms with Crippen LogP contribution in [0.5, 0.6) is 0 Å². The van der Waals surface area contributed by atoms with Crippen molar-refractivity contribution in [2.45, 2.75) is 13.8 Å². The van der Waals surface area contributed by atoms with Crippen LogP contribution in [0.3, 0.4) is 0 Å². The summed E-state index contributed by atoms with van der Waals surface area (Å²) >= 11 is 25.1. The molecule has 8 heteroatoms. The monoisotopic (exact) mass is 492 g/mol. The van der Waals surface area contributed by atoms with Gasteiger partial charge in [-0.2, -0.15) is 0 Å². The van der Waals surface area contributed by atoms with E-state index in [2.05, 4.69) is 4.57 Å². The predicted molar refractivity (Wildman–Crippen MR) is 132 cm³/mol. The number of halogens is 3. The second-order valence-corrected chi connectivity index (χ2v) is 9.68. The van der Waals surface area contributed by atoms with E-state index in [1.165, 1.54) is 16.7 Å². The summed E-state index contributed by atoms with van der Waals surface area (Å²) in [6.45, 7) is 4.00. The summed E-state index contributed by atoms with van der Waals surface area (Å²) < 4.78 is 2.55. The lowest BCUT2D eigenvalue weighted by atomic mass is 10.2. The standard InChI is InChI=1S/C22H15Cl3N2OS2/c1-12-8-14(13(2)26(12)17-6-7-18(24)19(25)11-17)9-20-21(28)27(22(29)30-20)16-5-3-4-15(23)10-16/h3-11H,1-2H3/b20-9+. The zero-order valence-corrected chi connectivity index (χ0v) is 19.8. The number of hydrogen-bond donors (Lipinski definition) is 0. The predicted octanol–water partition coefficient (Wildman–Crippen LogP) is 7.46. The second-order valence-electron chi connectivity index (χ2n) is 6.76. The molecule has 0 saturated carbocycles. The van der Waals surface area contributed by atoms with E-state index >= 15 is 0 Å². The Hall–Kier alpha value is -1.76. The summed E-state index contributed by atoms with van der Waals surface area (Å²) in [6.07, 6.45) is 1.88. The van der Waals surface area contributed by atoms with Crippen LogP contribution in [0.4, 0.5) is 5.69 Å². The summed E-state index contributed by atoms with van der Waals surface area (Å²) in [5.41, 5.74) is 4.51. The van der Waals surface area contributed by atoms with E-state index in [0.717, 1.165) is 22.6 Å². The summed E-state index contributed by atoms with van der Waals surface area (Å²) in [5, 5.41) is 1.55. The maximum absolute atomic E-state index is 13.1. The third-order valence-corrected chi connectivity index (χ3v) is 7.05. The summed E-state index contributed by atoms with van der Waals surface area (Å²) in [7, 11) is 0. The molecule has 1 aromatic heterocycles. The Morgan fingerprint density at radius 1 is 0.967 bits per heavy atom. The first kappa shape index (κ1) is 21.5. The molecule has 1 amide bonds. The Labute approximate surface area is 199 Å². The molecule has 0 atom stereocenters. The minimum absolute atomic E-state index is 0.161. The molecule has 1 aliphatic heterocycles. The Morgan fingerprint density at radius 3 is 2.43 bits per heavy atom. The number of benzene rings is 2. The van der Waals surface area contributed by atoms with E-state index in [9.17, 15) is 4.79 Å². The van der Waals surface area contributed by atoms with Crippen molar-refractivity contribution in [1.82, 2.24) is 4.57 Å². The van der Waals surface area contributed by atoms with Gasteiger partial charge in [0, 0.05) is 22.1 Å². The summed E-state index contributed by atoms with van der Waals surface area (Å²) in [6, 6.07) is 14.6. The maximum Gasteiger partial charge on any atom is 0.270 e. The van der Waals surface area contributed by atoms with Gasteiger partial charge in [0.2, 0.25) is 0 Å². The molecule has 3 aromatic rings. The van der Waals surface area contributed by atoms with Crippen molar-refractivity contribution < 1.29 is 4.79 Å². The van der Waals surface area contributed by atoms with Crippen LogP contribution in [0.1, 0.15) is 17.0 Å². The number of amides is 1. The van der Waals surface area contributed by atoms with E-state index in [1.807, 2.05) is 44.2 Å².